The van der Waals surface area contributed by atoms with Crippen LogP contribution in [0, 0.1) is 11.8 Å². The van der Waals surface area contributed by atoms with Crippen LogP contribution in [0.4, 0.5) is 0 Å². The Hall–Kier alpha value is -0.180. The lowest BCUT2D eigenvalue weighted by molar-refractivity contribution is -0.136. The van der Waals surface area contributed by atoms with Gasteiger partial charge in [-0.05, 0) is 12.3 Å². The summed E-state index contributed by atoms with van der Waals surface area (Å²) in [7, 11) is 0. The largest absolute Gasteiger partial charge is 0.391 e. The first-order chi connectivity index (χ1) is 9.11. The van der Waals surface area contributed by atoms with Crippen molar-refractivity contribution in [1.82, 2.24) is 0 Å². The summed E-state index contributed by atoms with van der Waals surface area (Å²) in [6.07, 6.45) is 10.5. The third-order valence-corrected chi connectivity index (χ3v) is 4.10. The van der Waals surface area contributed by atoms with Crippen LogP contribution in [0.1, 0.15) is 79.1 Å². The zero-order chi connectivity index (χ0) is 14.5. The number of hydrogen-bond donors (Lipinski definition) is 0. The standard InChI is InChI=1S/C16H32O2S/c1-5-7-11-15(10-6-2)12-8-9-13-19-18-16(17)14(3)4/h14-15H,5-13H2,1-4H3. The van der Waals surface area contributed by atoms with E-state index in [4.69, 9.17) is 4.18 Å². The Balaban J connectivity index is 3.51. The quantitative estimate of drug-likeness (QED) is 0.345. The van der Waals surface area contributed by atoms with Gasteiger partial charge >= 0.3 is 5.97 Å². The molecule has 0 aliphatic heterocycles. The molecule has 114 valence electrons. The molecule has 0 N–H and O–H groups in total. The smallest absolute Gasteiger partial charge is 0.320 e. The lowest BCUT2D eigenvalue weighted by atomic mass is 9.92. The van der Waals surface area contributed by atoms with Crippen LogP contribution < -0.4 is 0 Å². The van der Waals surface area contributed by atoms with Crippen LogP contribution in [0.3, 0.4) is 0 Å². The maximum atomic E-state index is 11.2. The molecule has 19 heavy (non-hydrogen) atoms. The second-order valence-corrected chi connectivity index (χ2v) is 6.48. The molecule has 1 unspecified atom stereocenters. The summed E-state index contributed by atoms with van der Waals surface area (Å²) >= 11 is 1.32. The Morgan fingerprint density at radius 3 is 2.26 bits per heavy atom. The number of carbonyl (C=O) groups is 1. The Bertz CT molecular complexity index is 217. The van der Waals surface area contributed by atoms with Crippen LogP contribution in [0.2, 0.25) is 0 Å². The molecule has 0 bridgehead atoms. The summed E-state index contributed by atoms with van der Waals surface area (Å²) in [4.78, 5) is 11.2. The lowest BCUT2D eigenvalue weighted by Gasteiger charge is -2.15. The molecule has 0 aliphatic carbocycles. The molecule has 0 heterocycles. The summed E-state index contributed by atoms with van der Waals surface area (Å²) in [5.41, 5.74) is 0. The molecule has 0 saturated heterocycles. The van der Waals surface area contributed by atoms with Gasteiger partial charge in [0.15, 0.2) is 0 Å². The van der Waals surface area contributed by atoms with Crippen LogP contribution >= 0.6 is 12.0 Å². The highest BCUT2D eigenvalue weighted by atomic mass is 32.2. The van der Waals surface area contributed by atoms with E-state index in [9.17, 15) is 4.79 Å². The molecule has 3 heteroatoms. The average Bonchev–Trinajstić information content (AvgIpc) is 2.39. The van der Waals surface area contributed by atoms with Crippen molar-refractivity contribution in [2.75, 3.05) is 5.75 Å². The minimum absolute atomic E-state index is 0.0181. The fourth-order valence-corrected chi connectivity index (χ4v) is 2.84. The Morgan fingerprint density at radius 1 is 1.00 bits per heavy atom. The minimum atomic E-state index is -0.100. The van der Waals surface area contributed by atoms with Crippen LogP contribution in [0.25, 0.3) is 0 Å². The molecule has 1 atom stereocenters. The Kier molecular flexibility index (Phi) is 12.7. The Morgan fingerprint density at radius 2 is 1.68 bits per heavy atom. The Labute approximate surface area is 124 Å². The van der Waals surface area contributed by atoms with Crippen LogP contribution in [-0.2, 0) is 8.98 Å². The highest BCUT2D eigenvalue weighted by molar-refractivity contribution is 7.95. The van der Waals surface area contributed by atoms with Gasteiger partial charge in [0.25, 0.3) is 0 Å². The van der Waals surface area contributed by atoms with E-state index in [1.54, 1.807) is 0 Å². The van der Waals surface area contributed by atoms with Gasteiger partial charge < -0.3 is 4.18 Å². The SMILES string of the molecule is CCCCC(CCC)CCCCSOC(=O)C(C)C. The summed E-state index contributed by atoms with van der Waals surface area (Å²) < 4.78 is 5.10. The number of hydrogen-bond acceptors (Lipinski definition) is 3. The van der Waals surface area contributed by atoms with Crippen molar-refractivity contribution < 1.29 is 8.98 Å². The van der Waals surface area contributed by atoms with E-state index >= 15 is 0 Å². The van der Waals surface area contributed by atoms with Crippen molar-refractivity contribution in [1.29, 1.82) is 0 Å². The zero-order valence-corrected chi connectivity index (χ0v) is 14.1. The third kappa shape index (κ3) is 11.4. The summed E-state index contributed by atoms with van der Waals surface area (Å²) in [6, 6.07) is 0. The number of unbranched alkanes of at least 4 members (excludes halogenated alkanes) is 2. The number of carbonyl (C=O) groups excluding carboxylic acids is 1. The van der Waals surface area contributed by atoms with E-state index < -0.39 is 0 Å². The monoisotopic (exact) mass is 288 g/mol. The molecule has 0 rings (SSSR count). The van der Waals surface area contributed by atoms with Crippen molar-refractivity contribution in [3.05, 3.63) is 0 Å². The molecule has 0 amide bonds. The van der Waals surface area contributed by atoms with Gasteiger partial charge in [-0.2, -0.15) is 0 Å². The molecule has 0 spiro atoms. The van der Waals surface area contributed by atoms with Gasteiger partial charge in [-0.15, -0.1) is 0 Å². The first-order valence-electron chi connectivity index (χ1n) is 7.95. The predicted molar refractivity (Wildman–Crippen MR) is 85.2 cm³/mol. The van der Waals surface area contributed by atoms with Crippen molar-refractivity contribution in [3.63, 3.8) is 0 Å². The summed E-state index contributed by atoms with van der Waals surface area (Å²) in [5.74, 6) is 1.73. The highest BCUT2D eigenvalue weighted by Gasteiger charge is 2.09. The zero-order valence-electron chi connectivity index (χ0n) is 13.2. The fraction of sp³-hybridized carbons (Fsp3) is 0.938. The van der Waals surface area contributed by atoms with Gasteiger partial charge in [-0.3, -0.25) is 4.79 Å². The van der Waals surface area contributed by atoms with E-state index in [2.05, 4.69) is 13.8 Å². The molecule has 0 aromatic rings. The fourth-order valence-electron chi connectivity index (χ4n) is 2.12. The van der Waals surface area contributed by atoms with Gasteiger partial charge in [-0.1, -0.05) is 72.6 Å². The molecule has 2 nitrogen and oxygen atoms in total. The molecular weight excluding hydrogens is 256 g/mol. The normalized spacial score (nSPS) is 12.7. The molecular formula is C16H32O2S. The van der Waals surface area contributed by atoms with Crippen molar-refractivity contribution in [2.24, 2.45) is 11.8 Å². The predicted octanol–water partition coefficient (Wildman–Crippen LogP) is 5.61. The van der Waals surface area contributed by atoms with Gasteiger partial charge in [-0.25, -0.2) is 0 Å². The highest BCUT2D eigenvalue weighted by Crippen LogP contribution is 2.22. The van der Waals surface area contributed by atoms with Crippen molar-refractivity contribution in [3.8, 4) is 0 Å². The van der Waals surface area contributed by atoms with Crippen molar-refractivity contribution >= 4 is 18.0 Å². The number of rotatable bonds is 12. The van der Waals surface area contributed by atoms with E-state index in [0.717, 1.165) is 18.1 Å². The molecule has 0 saturated carbocycles. The maximum absolute atomic E-state index is 11.2. The third-order valence-electron chi connectivity index (χ3n) is 3.37. The van der Waals surface area contributed by atoms with Gasteiger partial charge in [0.05, 0.1) is 18.0 Å². The van der Waals surface area contributed by atoms with Crippen LogP contribution in [-0.4, -0.2) is 11.7 Å². The van der Waals surface area contributed by atoms with Gasteiger partial charge in [0.1, 0.15) is 0 Å². The lowest BCUT2D eigenvalue weighted by Crippen LogP contribution is -2.07. The molecule has 0 radical (unpaired) electrons. The van der Waals surface area contributed by atoms with Crippen molar-refractivity contribution in [2.45, 2.75) is 79.1 Å². The molecule has 0 aliphatic rings. The van der Waals surface area contributed by atoms with E-state index in [0.29, 0.717) is 0 Å². The van der Waals surface area contributed by atoms with Gasteiger partial charge in [0.2, 0.25) is 0 Å². The average molecular weight is 288 g/mol. The summed E-state index contributed by atoms with van der Waals surface area (Å²) in [5, 5.41) is 0. The van der Waals surface area contributed by atoms with Crippen LogP contribution in [0.5, 0.6) is 0 Å². The molecule has 0 aromatic carbocycles. The molecule has 0 aromatic heterocycles. The topological polar surface area (TPSA) is 26.3 Å². The second kappa shape index (κ2) is 12.8. The molecule has 0 fully saturated rings. The first kappa shape index (κ1) is 18.8. The summed E-state index contributed by atoms with van der Waals surface area (Å²) in [6.45, 7) is 8.28. The van der Waals surface area contributed by atoms with E-state index in [1.165, 1.54) is 57.0 Å². The van der Waals surface area contributed by atoms with E-state index in [-0.39, 0.29) is 11.9 Å². The second-order valence-electron chi connectivity index (χ2n) is 5.67. The first-order valence-corrected chi connectivity index (χ1v) is 8.86. The maximum Gasteiger partial charge on any atom is 0.320 e. The van der Waals surface area contributed by atoms with Crippen LogP contribution in [0.15, 0.2) is 0 Å². The van der Waals surface area contributed by atoms with E-state index in [1.807, 2.05) is 13.8 Å². The minimum Gasteiger partial charge on any atom is -0.391 e. The van der Waals surface area contributed by atoms with Gasteiger partial charge in [0, 0.05) is 5.75 Å².